The minimum absolute atomic E-state index is 0.0237. The van der Waals surface area contributed by atoms with Crippen molar-refractivity contribution >= 4 is 29.2 Å². The Kier molecular flexibility index (Phi) is 4.86. The first-order chi connectivity index (χ1) is 13.6. The largest absolute Gasteiger partial charge is 0.465 e. The van der Waals surface area contributed by atoms with Gasteiger partial charge in [0.25, 0.3) is 0 Å². The molecule has 1 aliphatic heterocycles. The Labute approximate surface area is 163 Å². The molecule has 0 spiro atoms. The number of aryl methyl sites for hydroxylation is 1. The number of rotatable bonds is 4. The summed E-state index contributed by atoms with van der Waals surface area (Å²) in [5, 5.41) is 2.81. The molecule has 0 bridgehead atoms. The van der Waals surface area contributed by atoms with Crippen LogP contribution in [0.2, 0.25) is 0 Å². The van der Waals surface area contributed by atoms with Crippen LogP contribution in [0, 0.1) is 11.8 Å². The quantitative estimate of drug-likeness (QED) is 0.830. The van der Waals surface area contributed by atoms with E-state index in [1.807, 2.05) is 23.1 Å². The lowest BCUT2D eigenvalue weighted by atomic mass is 10.0. The Bertz CT molecular complexity index is 940. The fraction of sp³-hybridized carbons (Fsp3) is 0.318. The first-order valence-corrected chi connectivity index (χ1v) is 9.47. The van der Waals surface area contributed by atoms with Gasteiger partial charge >= 0.3 is 5.97 Å². The second-order valence-electron chi connectivity index (χ2n) is 7.23. The second-order valence-corrected chi connectivity index (χ2v) is 7.23. The van der Waals surface area contributed by atoms with Gasteiger partial charge in [-0.3, -0.25) is 9.59 Å². The van der Waals surface area contributed by atoms with E-state index >= 15 is 0 Å². The van der Waals surface area contributed by atoms with Gasteiger partial charge in [0.2, 0.25) is 11.8 Å². The van der Waals surface area contributed by atoms with Crippen LogP contribution in [0.5, 0.6) is 0 Å². The van der Waals surface area contributed by atoms with E-state index in [0.29, 0.717) is 24.2 Å². The van der Waals surface area contributed by atoms with E-state index in [4.69, 9.17) is 4.74 Å². The van der Waals surface area contributed by atoms with Gasteiger partial charge in [-0.1, -0.05) is 24.3 Å². The lowest BCUT2D eigenvalue weighted by molar-refractivity contribution is -0.123. The molecular weight excluding hydrogens is 356 g/mol. The molecule has 6 nitrogen and oxygen atoms in total. The van der Waals surface area contributed by atoms with Crippen molar-refractivity contribution in [1.29, 1.82) is 0 Å². The van der Waals surface area contributed by atoms with Crippen LogP contribution in [0.25, 0.3) is 0 Å². The molecule has 0 aromatic heterocycles. The van der Waals surface area contributed by atoms with Gasteiger partial charge in [0.1, 0.15) is 0 Å². The van der Waals surface area contributed by atoms with E-state index in [1.54, 1.807) is 24.3 Å². The average Bonchev–Trinajstić information content (AvgIpc) is 3.53. The van der Waals surface area contributed by atoms with Gasteiger partial charge in [0.15, 0.2) is 0 Å². The van der Waals surface area contributed by atoms with Crippen LogP contribution in [-0.2, 0) is 20.7 Å². The molecule has 2 aromatic carbocycles. The van der Waals surface area contributed by atoms with Gasteiger partial charge in [0, 0.05) is 17.9 Å². The van der Waals surface area contributed by atoms with E-state index in [2.05, 4.69) is 11.4 Å². The fourth-order valence-electron chi connectivity index (χ4n) is 3.80. The summed E-state index contributed by atoms with van der Waals surface area (Å²) in [7, 11) is 1.31. The van der Waals surface area contributed by atoms with Crippen molar-refractivity contribution in [2.45, 2.75) is 19.3 Å². The van der Waals surface area contributed by atoms with Crippen molar-refractivity contribution in [3.63, 3.8) is 0 Å². The summed E-state index contributed by atoms with van der Waals surface area (Å²) >= 11 is 0. The molecule has 1 heterocycles. The molecule has 4 rings (SSSR count). The zero-order valence-corrected chi connectivity index (χ0v) is 15.7. The number of hydrogen-bond acceptors (Lipinski definition) is 4. The van der Waals surface area contributed by atoms with Crippen LogP contribution >= 0.6 is 0 Å². The van der Waals surface area contributed by atoms with Crippen LogP contribution in [0.4, 0.5) is 11.4 Å². The van der Waals surface area contributed by atoms with Gasteiger partial charge in [-0.05, 0) is 49.1 Å². The maximum atomic E-state index is 13.0. The van der Waals surface area contributed by atoms with Crippen molar-refractivity contribution in [2.24, 2.45) is 11.8 Å². The first kappa shape index (κ1) is 18.2. The average molecular weight is 378 g/mol. The van der Waals surface area contributed by atoms with Gasteiger partial charge in [0.05, 0.1) is 24.5 Å². The predicted octanol–water partition coefficient (Wildman–Crippen LogP) is 3.03. The van der Waals surface area contributed by atoms with Crippen LogP contribution in [0.1, 0.15) is 28.8 Å². The Morgan fingerprint density at radius 3 is 2.71 bits per heavy atom. The normalized spacial score (nSPS) is 20.1. The predicted molar refractivity (Wildman–Crippen MR) is 105 cm³/mol. The third kappa shape index (κ3) is 3.50. The molecule has 1 fully saturated rings. The minimum Gasteiger partial charge on any atom is -0.465 e. The molecule has 6 heteroatoms. The number of benzene rings is 2. The van der Waals surface area contributed by atoms with Gasteiger partial charge in [-0.25, -0.2) is 4.79 Å². The number of nitrogens with zero attached hydrogens (tertiary/aromatic N) is 1. The van der Waals surface area contributed by atoms with Crippen molar-refractivity contribution in [2.75, 3.05) is 23.9 Å². The molecule has 2 amide bonds. The Balaban J connectivity index is 1.41. The van der Waals surface area contributed by atoms with Crippen molar-refractivity contribution in [3.05, 3.63) is 59.7 Å². The summed E-state index contributed by atoms with van der Waals surface area (Å²) in [6.07, 6.45) is 2.47. The number of nitrogens with one attached hydrogen (secondary N) is 1. The SMILES string of the molecule is COC(=O)c1cccc(NC(=O)C2CC2C(=O)N2CCCc3ccccc32)c1. The number of para-hydroxylation sites is 1. The standard InChI is InChI=1S/C22H22N2O4/c1-28-22(27)15-7-4-9-16(12-15)23-20(25)17-13-18(17)21(26)24-11-5-8-14-6-2-3-10-19(14)24/h2-4,6-7,9-10,12,17-18H,5,8,11,13H2,1H3,(H,23,25). The van der Waals surface area contributed by atoms with E-state index in [9.17, 15) is 14.4 Å². The van der Waals surface area contributed by atoms with E-state index in [0.717, 1.165) is 18.5 Å². The van der Waals surface area contributed by atoms with E-state index < -0.39 is 5.97 Å². The van der Waals surface area contributed by atoms with E-state index in [1.165, 1.54) is 12.7 Å². The summed E-state index contributed by atoms with van der Waals surface area (Å²) in [4.78, 5) is 39.0. The smallest absolute Gasteiger partial charge is 0.337 e. The van der Waals surface area contributed by atoms with Crippen LogP contribution in [-0.4, -0.2) is 31.4 Å². The highest BCUT2D eigenvalue weighted by Gasteiger charge is 2.50. The molecule has 2 unspecified atom stereocenters. The van der Waals surface area contributed by atoms with Crippen LogP contribution < -0.4 is 10.2 Å². The Morgan fingerprint density at radius 1 is 1.07 bits per heavy atom. The molecule has 2 aliphatic rings. The van der Waals surface area contributed by atoms with Crippen molar-refractivity contribution < 1.29 is 19.1 Å². The monoisotopic (exact) mass is 378 g/mol. The minimum atomic E-state index is -0.459. The summed E-state index contributed by atoms with van der Waals surface area (Å²) in [6, 6.07) is 14.6. The number of ether oxygens (including phenoxy) is 1. The van der Waals surface area contributed by atoms with Crippen LogP contribution in [0.15, 0.2) is 48.5 Å². The summed E-state index contributed by atoms with van der Waals surface area (Å²) in [5.41, 5.74) is 3.04. The third-order valence-corrected chi connectivity index (χ3v) is 5.37. The second kappa shape index (κ2) is 7.46. The highest BCUT2D eigenvalue weighted by molar-refractivity contribution is 6.05. The highest BCUT2D eigenvalue weighted by Crippen LogP contribution is 2.42. The molecule has 1 N–H and O–H groups in total. The molecule has 2 atom stereocenters. The number of methoxy groups -OCH3 is 1. The molecule has 28 heavy (non-hydrogen) atoms. The number of carbonyl (C=O) groups is 3. The lowest BCUT2D eigenvalue weighted by Crippen LogP contribution is -2.37. The topological polar surface area (TPSA) is 75.7 Å². The molecule has 1 saturated carbocycles. The molecule has 2 aromatic rings. The fourth-order valence-corrected chi connectivity index (χ4v) is 3.80. The molecule has 1 aliphatic carbocycles. The van der Waals surface area contributed by atoms with Gasteiger partial charge in [-0.15, -0.1) is 0 Å². The maximum absolute atomic E-state index is 13.0. The number of fused-ring (bicyclic) bond motifs is 1. The Hall–Kier alpha value is -3.15. The molecule has 0 radical (unpaired) electrons. The zero-order valence-electron chi connectivity index (χ0n) is 15.7. The van der Waals surface area contributed by atoms with Gasteiger partial charge < -0.3 is 15.0 Å². The molecule has 0 saturated heterocycles. The van der Waals surface area contributed by atoms with Gasteiger partial charge in [-0.2, -0.15) is 0 Å². The van der Waals surface area contributed by atoms with Crippen molar-refractivity contribution in [1.82, 2.24) is 0 Å². The zero-order chi connectivity index (χ0) is 19.7. The van der Waals surface area contributed by atoms with E-state index in [-0.39, 0.29) is 23.7 Å². The van der Waals surface area contributed by atoms with Crippen molar-refractivity contribution in [3.8, 4) is 0 Å². The molecule has 144 valence electrons. The van der Waals surface area contributed by atoms with Crippen LogP contribution in [0.3, 0.4) is 0 Å². The summed E-state index contributed by atoms with van der Waals surface area (Å²) < 4.78 is 4.70. The Morgan fingerprint density at radius 2 is 1.89 bits per heavy atom. The third-order valence-electron chi connectivity index (χ3n) is 5.37. The number of hydrogen-bond donors (Lipinski definition) is 1. The summed E-state index contributed by atoms with van der Waals surface area (Å²) in [6.45, 7) is 0.696. The maximum Gasteiger partial charge on any atom is 0.337 e. The lowest BCUT2D eigenvalue weighted by Gasteiger charge is -2.29. The number of esters is 1. The highest BCUT2D eigenvalue weighted by atomic mass is 16.5. The number of carbonyl (C=O) groups excluding carboxylic acids is 3. The number of anilines is 2. The number of amides is 2. The first-order valence-electron chi connectivity index (χ1n) is 9.47. The summed E-state index contributed by atoms with van der Waals surface area (Å²) in [5.74, 6) is -1.24. The molecular formula is C22H22N2O4.